The molecule has 9 heteroatoms. The summed E-state index contributed by atoms with van der Waals surface area (Å²) in [7, 11) is -3.82. The second-order valence-corrected chi connectivity index (χ2v) is 8.76. The monoisotopic (exact) mass is 382 g/mol. The van der Waals surface area contributed by atoms with Crippen molar-refractivity contribution in [2.45, 2.75) is 18.2 Å². The minimum Gasteiger partial charge on any atom is -0.481 e. The molecule has 0 saturated carbocycles. The van der Waals surface area contributed by atoms with Crippen LogP contribution in [0, 0.1) is 5.41 Å². The molecule has 0 spiro atoms. The largest absolute Gasteiger partial charge is 0.481 e. The van der Waals surface area contributed by atoms with E-state index in [1.165, 1.54) is 21.3 Å². The van der Waals surface area contributed by atoms with Crippen LogP contribution in [0.1, 0.15) is 23.7 Å². The molecular weight excluding hydrogens is 360 g/mol. The van der Waals surface area contributed by atoms with Crippen LogP contribution in [-0.4, -0.2) is 74.0 Å². The number of benzene rings is 1. The van der Waals surface area contributed by atoms with Crippen molar-refractivity contribution in [1.29, 1.82) is 0 Å². The van der Waals surface area contributed by atoms with E-state index in [1.54, 1.807) is 19.1 Å². The Labute approximate surface area is 152 Å². The molecule has 3 rings (SSSR count). The van der Waals surface area contributed by atoms with Crippen LogP contribution in [0.5, 0.6) is 0 Å². The fraction of sp³-hybridized carbons (Fsp3) is 0.529. The first-order chi connectivity index (χ1) is 12.3. The Morgan fingerprint density at radius 1 is 1.15 bits per heavy atom. The van der Waals surface area contributed by atoms with Crippen molar-refractivity contribution in [3.05, 3.63) is 29.8 Å². The Bertz CT molecular complexity index is 818. The Morgan fingerprint density at radius 2 is 1.81 bits per heavy atom. The molecule has 1 atom stereocenters. The molecule has 1 unspecified atom stereocenters. The third-order valence-electron chi connectivity index (χ3n) is 4.98. The van der Waals surface area contributed by atoms with Gasteiger partial charge in [0.2, 0.25) is 10.0 Å². The fourth-order valence-corrected chi connectivity index (χ4v) is 4.87. The number of likely N-dealkylation sites (tertiary alicyclic amines) is 1. The maximum Gasteiger partial charge on any atom is 0.311 e. The van der Waals surface area contributed by atoms with Crippen LogP contribution in [0.25, 0.3) is 0 Å². The lowest BCUT2D eigenvalue weighted by atomic mass is 9.90. The lowest BCUT2D eigenvalue weighted by Crippen LogP contribution is -2.41. The minimum absolute atomic E-state index is 0.0455. The van der Waals surface area contributed by atoms with E-state index in [-0.39, 0.29) is 36.6 Å². The Hall–Kier alpha value is -1.97. The minimum atomic E-state index is -3.82. The normalized spacial score (nSPS) is 24.6. The van der Waals surface area contributed by atoms with Crippen molar-refractivity contribution in [1.82, 2.24) is 9.21 Å². The van der Waals surface area contributed by atoms with Crippen molar-refractivity contribution in [2.24, 2.45) is 5.41 Å². The van der Waals surface area contributed by atoms with Crippen LogP contribution in [0.15, 0.2) is 29.2 Å². The highest BCUT2D eigenvalue weighted by molar-refractivity contribution is 7.89. The van der Waals surface area contributed by atoms with E-state index < -0.39 is 27.3 Å². The van der Waals surface area contributed by atoms with Gasteiger partial charge in [-0.3, -0.25) is 9.59 Å². The first kappa shape index (κ1) is 18.8. The summed E-state index contributed by atoms with van der Waals surface area (Å²) in [4.78, 5) is 25.7. The van der Waals surface area contributed by atoms with Gasteiger partial charge in [-0.15, -0.1) is 0 Å². The van der Waals surface area contributed by atoms with E-state index >= 15 is 0 Å². The number of ether oxygens (including phenoxy) is 1. The van der Waals surface area contributed by atoms with Gasteiger partial charge in [-0.2, -0.15) is 4.31 Å². The lowest BCUT2D eigenvalue weighted by molar-refractivity contribution is -0.147. The molecule has 0 radical (unpaired) electrons. The standard InChI is InChI=1S/C17H22N2O6S/c1-17(16(21)22)6-7-18(12-17)15(20)13-4-2-3-5-14(13)26(23,24)19-8-10-25-11-9-19/h2-5H,6-12H2,1H3,(H,21,22). The highest BCUT2D eigenvalue weighted by Crippen LogP contribution is 2.32. The number of aliphatic carboxylic acids is 1. The molecule has 2 saturated heterocycles. The summed E-state index contributed by atoms with van der Waals surface area (Å²) >= 11 is 0. The highest BCUT2D eigenvalue weighted by atomic mass is 32.2. The van der Waals surface area contributed by atoms with Gasteiger partial charge >= 0.3 is 5.97 Å². The zero-order valence-electron chi connectivity index (χ0n) is 14.6. The number of carbonyl (C=O) groups excluding carboxylic acids is 1. The highest BCUT2D eigenvalue weighted by Gasteiger charge is 2.43. The van der Waals surface area contributed by atoms with Gasteiger partial charge in [0.05, 0.1) is 29.1 Å². The van der Waals surface area contributed by atoms with E-state index in [2.05, 4.69) is 0 Å². The molecule has 142 valence electrons. The fourth-order valence-electron chi connectivity index (χ4n) is 3.27. The first-order valence-electron chi connectivity index (χ1n) is 8.45. The van der Waals surface area contributed by atoms with Gasteiger partial charge in [0, 0.05) is 26.2 Å². The van der Waals surface area contributed by atoms with E-state index in [9.17, 15) is 23.1 Å². The van der Waals surface area contributed by atoms with Crippen LogP contribution < -0.4 is 0 Å². The summed E-state index contributed by atoms with van der Waals surface area (Å²) in [5.74, 6) is -1.41. The second-order valence-electron chi connectivity index (χ2n) is 6.86. The average molecular weight is 382 g/mol. The van der Waals surface area contributed by atoms with Crippen LogP contribution in [-0.2, 0) is 19.6 Å². The summed E-state index contributed by atoms with van der Waals surface area (Å²) in [6.07, 6.45) is 0.340. The van der Waals surface area contributed by atoms with Crippen LogP contribution >= 0.6 is 0 Å². The van der Waals surface area contributed by atoms with Gasteiger partial charge in [-0.1, -0.05) is 12.1 Å². The topological polar surface area (TPSA) is 104 Å². The number of nitrogens with zero attached hydrogens (tertiary/aromatic N) is 2. The number of morpholine rings is 1. The molecule has 0 aromatic heterocycles. The predicted octanol–water partition coefficient (Wildman–Crippen LogP) is 0.644. The predicted molar refractivity (Wildman–Crippen MR) is 92.3 cm³/mol. The SMILES string of the molecule is CC1(C(=O)O)CCN(C(=O)c2ccccc2S(=O)(=O)N2CCOCC2)C1. The summed E-state index contributed by atoms with van der Waals surface area (Å²) < 4.78 is 32.4. The number of carboxylic acid groups (broad SMARTS) is 1. The van der Waals surface area contributed by atoms with Crippen LogP contribution in [0.2, 0.25) is 0 Å². The van der Waals surface area contributed by atoms with E-state index in [1.807, 2.05) is 0 Å². The summed E-state index contributed by atoms with van der Waals surface area (Å²) in [6.45, 7) is 3.06. The molecule has 1 aromatic rings. The van der Waals surface area contributed by atoms with Crippen LogP contribution in [0.3, 0.4) is 0 Å². The molecule has 1 amide bonds. The van der Waals surface area contributed by atoms with E-state index in [4.69, 9.17) is 4.74 Å². The van der Waals surface area contributed by atoms with Crippen molar-refractivity contribution in [3.63, 3.8) is 0 Å². The Kier molecular flexibility index (Phi) is 5.05. The molecule has 0 bridgehead atoms. The summed E-state index contributed by atoms with van der Waals surface area (Å²) in [5.41, 5.74) is -0.929. The van der Waals surface area contributed by atoms with Crippen molar-refractivity contribution < 1.29 is 27.9 Å². The summed E-state index contributed by atoms with van der Waals surface area (Å²) in [5, 5.41) is 9.34. The van der Waals surface area contributed by atoms with Crippen LogP contribution in [0.4, 0.5) is 0 Å². The maximum atomic E-state index is 13.0. The van der Waals surface area contributed by atoms with Crippen molar-refractivity contribution in [3.8, 4) is 0 Å². The molecule has 1 N–H and O–H groups in total. The van der Waals surface area contributed by atoms with Gasteiger partial charge in [0.25, 0.3) is 5.91 Å². The maximum absolute atomic E-state index is 13.0. The Morgan fingerprint density at radius 3 is 2.42 bits per heavy atom. The first-order valence-corrected chi connectivity index (χ1v) is 9.89. The number of amides is 1. The van der Waals surface area contributed by atoms with Gasteiger partial charge < -0.3 is 14.7 Å². The number of carbonyl (C=O) groups is 2. The Balaban J connectivity index is 1.90. The number of hydrogen-bond acceptors (Lipinski definition) is 5. The van der Waals surface area contributed by atoms with Crippen molar-refractivity contribution in [2.75, 3.05) is 39.4 Å². The molecule has 2 aliphatic heterocycles. The average Bonchev–Trinajstić information content (AvgIpc) is 3.05. The second kappa shape index (κ2) is 6.98. The van der Waals surface area contributed by atoms with Gasteiger partial charge in [-0.25, -0.2) is 8.42 Å². The molecular formula is C17H22N2O6S. The zero-order chi connectivity index (χ0) is 18.9. The smallest absolute Gasteiger partial charge is 0.311 e. The molecule has 0 aliphatic carbocycles. The number of rotatable bonds is 4. The molecule has 2 aliphatic rings. The number of hydrogen-bond donors (Lipinski definition) is 1. The summed E-state index contributed by atoms with van der Waals surface area (Å²) in [6, 6.07) is 6.09. The van der Waals surface area contributed by atoms with E-state index in [0.29, 0.717) is 19.6 Å². The van der Waals surface area contributed by atoms with Gasteiger partial charge in [0.15, 0.2) is 0 Å². The lowest BCUT2D eigenvalue weighted by Gasteiger charge is -2.27. The van der Waals surface area contributed by atoms with Gasteiger partial charge in [0.1, 0.15) is 0 Å². The number of sulfonamides is 1. The molecule has 26 heavy (non-hydrogen) atoms. The zero-order valence-corrected chi connectivity index (χ0v) is 15.4. The molecule has 1 aromatic carbocycles. The molecule has 2 heterocycles. The van der Waals surface area contributed by atoms with Crippen molar-refractivity contribution >= 4 is 21.9 Å². The molecule has 2 fully saturated rings. The quantitative estimate of drug-likeness (QED) is 0.820. The third-order valence-corrected chi connectivity index (χ3v) is 6.94. The third kappa shape index (κ3) is 3.34. The number of carboxylic acids is 1. The van der Waals surface area contributed by atoms with E-state index in [0.717, 1.165) is 0 Å². The molecule has 8 nitrogen and oxygen atoms in total. The van der Waals surface area contributed by atoms with Gasteiger partial charge in [-0.05, 0) is 25.5 Å².